The molecule has 0 bridgehead atoms. The highest BCUT2D eigenvalue weighted by Gasteiger charge is 2.29. The molecule has 1 N–H and O–H groups in total. The fraction of sp³-hybridized carbons (Fsp3) is 0.333. The van der Waals surface area contributed by atoms with Crippen LogP contribution in [0.15, 0.2) is 37.2 Å². The monoisotopic (exact) mass is 320 g/mol. The largest absolute Gasteiger partial charge is 0.349 e. The van der Waals surface area contributed by atoms with Crippen LogP contribution in [-0.2, 0) is 21.2 Å². The average molecular weight is 320 g/mol. The highest BCUT2D eigenvalue weighted by Crippen LogP contribution is 2.12. The van der Waals surface area contributed by atoms with Crippen molar-refractivity contribution in [3.8, 4) is 0 Å². The molecular formula is C15H18N3O3S+. The van der Waals surface area contributed by atoms with Gasteiger partial charge in [-0.2, -0.15) is 0 Å². The normalized spacial score (nSPS) is 20.1. The lowest BCUT2D eigenvalue weighted by Crippen LogP contribution is -2.45. The third-order valence-electron chi connectivity index (χ3n) is 3.84. The van der Waals surface area contributed by atoms with E-state index in [1.165, 1.54) is 0 Å². The summed E-state index contributed by atoms with van der Waals surface area (Å²) in [5.74, 6) is 0.0117. The third kappa shape index (κ3) is 2.89. The molecule has 7 heteroatoms. The summed E-state index contributed by atoms with van der Waals surface area (Å²) >= 11 is 0. The SMILES string of the molecule is C=Cn1c[n+](CC(=O)N[C@H]2CCS(=O)(=O)C2)c2ccccc21. The van der Waals surface area contributed by atoms with Gasteiger partial charge < -0.3 is 5.32 Å². The van der Waals surface area contributed by atoms with Crippen LogP contribution in [0.4, 0.5) is 0 Å². The molecule has 0 spiro atoms. The Bertz CT molecular complexity index is 839. The van der Waals surface area contributed by atoms with E-state index in [1.807, 2.05) is 39.7 Å². The number of carbonyl (C=O) groups is 1. The van der Waals surface area contributed by atoms with Crippen LogP contribution >= 0.6 is 0 Å². The van der Waals surface area contributed by atoms with Crippen LogP contribution in [0.3, 0.4) is 0 Å². The van der Waals surface area contributed by atoms with Gasteiger partial charge >= 0.3 is 0 Å². The molecule has 6 nitrogen and oxygen atoms in total. The molecule has 1 atom stereocenters. The van der Waals surface area contributed by atoms with Gasteiger partial charge in [0.25, 0.3) is 5.91 Å². The molecule has 1 saturated heterocycles. The standard InChI is InChI=1S/C15H17N3O3S/c1-2-17-11-18(14-6-4-3-5-13(14)17)9-15(19)16-12-7-8-22(20,21)10-12/h2-6,11-12H,1,7-10H2/p+1/t12-/m0/s1. The lowest BCUT2D eigenvalue weighted by atomic mass is 10.2. The molecule has 1 amide bonds. The molecule has 0 radical (unpaired) electrons. The number of aromatic nitrogens is 2. The van der Waals surface area contributed by atoms with Crippen LogP contribution in [0, 0.1) is 0 Å². The molecule has 0 saturated carbocycles. The van der Waals surface area contributed by atoms with Crippen molar-refractivity contribution in [3.05, 3.63) is 37.2 Å². The topological polar surface area (TPSA) is 72.0 Å². The first-order chi connectivity index (χ1) is 10.5. The highest BCUT2D eigenvalue weighted by molar-refractivity contribution is 7.91. The number of sulfone groups is 1. The van der Waals surface area contributed by atoms with Gasteiger partial charge in [0.2, 0.25) is 6.33 Å². The summed E-state index contributed by atoms with van der Waals surface area (Å²) in [6, 6.07) is 7.45. The van der Waals surface area contributed by atoms with Crippen LogP contribution in [0.1, 0.15) is 6.42 Å². The molecule has 2 aromatic rings. The molecule has 1 aliphatic rings. The number of nitrogens with one attached hydrogen (secondary N) is 1. The zero-order chi connectivity index (χ0) is 15.7. The number of rotatable bonds is 4. The van der Waals surface area contributed by atoms with E-state index in [0.29, 0.717) is 6.42 Å². The zero-order valence-corrected chi connectivity index (χ0v) is 12.9. The maximum atomic E-state index is 12.2. The number of hydrogen-bond acceptors (Lipinski definition) is 3. The van der Waals surface area contributed by atoms with Crippen LogP contribution in [0.2, 0.25) is 0 Å². The van der Waals surface area contributed by atoms with Crippen molar-refractivity contribution in [1.82, 2.24) is 9.88 Å². The Morgan fingerprint density at radius 2 is 2.23 bits per heavy atom. The summed E-state index contributed by atoms with van der Waals surface area (Å²) in [6.07, 6.45) is 3.98. The third-order valence-corrected chi connectivity index (χ3v) is 5.61. The first-order valence-electron chi connectivity index (χ1n) is 7.10. The fourth-order valence-electron chi connectivity index (χ4n) is 2.81. The first-order valence-corrected chi connectivity index (χ1v) is 8.92. The van der Waals surface area contributed by atoms with Gasteiger partial charge in [0.15, 0.2) is 27.4 Å². The van der Waals surface area contributed by atoms with E-state index in [4.69, 9.17) is 0 Å². The van der Waals surface area contributed by atoms with Crippen molar-refractivity contribution < 1.29 is 17.8 Å². The van der Waals surface area contributed by atoms with Gasteiger partial charge in [-0.25, -0.2) is 17.6 Å². The second-order valence-corrected chi connectivity index (χ2v) is 7.72. The van der Waals surface area contributed by atoms with E-state index in [0.717, 1.165) is 11.0 Å². The van der Waals surface area contributed by atoms with Gasteiger partial charge in [0.1, 0.15) is 0 Å². The molecule has 22 heavy (non-hydrogen) atoms. The van der Waals surface area contributed by atoms with Gasteiger partial charge in [-0.05, 0) is 18.6 Å². The van der Waals surface area contributed by atoms with Crippen LogP contribution < -0.4 is 9.88 Å². The Kier molecular flexibility index (Phi) is 3.74. The summed E-state index contributed by atoms with van der Waals surface area (Å²) in [6.45, 7) is 3.91. The molecule has 116 valence electrons. The Morgan fingerprint density at radius 1 is 1.45 bits per heavy atom. The van der Waals surface area contributed by atoms with Gasteiger partial charge in [-0.3, -0.25) is 4.79 Å². The van der Waals surface area contributed by atoms with E-state index in [-0.39, 0.29) is 30.0 Å². The molecular weight excluding hydrogens is 302 g/mol. The van der Waals surface area contributed by atoms with Gasteiger partial charge in [-0.1, -0.05) is 18.7 Å². The second-order valence-electron chi connectivity index (χ2n) is 5.49. The molecule has 1 aromatic heterocycles. The maximum absolute atomic E-state index is 12.2. The minimum atomic E-state index is -2.99. The quantitative estimate of drug-likeness (QED) is 0.825. The highest BCUT2D eigenvalue weighted by atomic mass is 32.2. The van der Waals surface area contributed by atoms with Gasteiger partial charge in [0.05, 0.1) is 17.7 Å². The van der Waals surface area contributed by atoms with Crippen LogP contribution in [-0.4, -0.2) is 36.4 Å². The van der Waals surface area contributed by atoms with Crippen LogP contribution in [0.5, 0.6) is 0 Å². The number of fused-ring (bicyclic) bond motifs is 1. The van der Waals surface area contributed by atoms with Gasteiger partial charge in [-0.15, -0.1) is 0 Å². The van der Waals surface area contributed by atoms with Crippen molar-refractivity contribution in [2.24, 2.45) is 0 Å². The Hall–Kier alpha value is -2.15. The Balaban J connectivity index is 1.76. The van der Waals surface area contributed by atoms with Crippen molar-refractivity contribution in [3.63, 3.8) is 0 Å². The van der Waals surface area contributed by atoms with Crippen molar-refractivity contribution in [2.75, 3.05) is 11.5 Å². The molecule has 1 fully saturated rings. The summed E-state index contributed by atoms with van der Waals surface area (Å²) in [7, 11) is -2.99. The van der Waals surface area contributed by atoms with Crippen molar-refractivity contribution >= 4 is 33.0 Å². The number of nitrogens with zero attached hydrogens (tertiary/aromatic N) is 2. The number of imidazole rings is 1. The lowest BCUT2D eigenvalue weighted by molar-refractivity contribution is -0.659. The number of benzene rings is 1. The predicted octanol–water partition coefficient (Wildman–Crippen LogP) is 0.333. The number of para-hydroxylation sites is 2. The number of carbonyl (C=O) groups excluding carboxylic acids is 1. The second kappa shape index (κ2) is 5.57. The molecule has 0 unspecified atom stereocenters. The van der Waals surface area contributed by atoms with Crippen molar-refractivity contribution in [1.29, 1.82) is 0 Å². The van der Waals surface area contributed by atoms with Crippen LogP contribution in [0.25, 0.3) is 17.2 Å². The molecule has 2 heterocycles. The average Bonchev–Trinajstić information content (AvgIpc) is 2.99. The number of amides is 1. The van der Waals surface area contributed by atoms with E-state index >= 15 is 0 Å². The minimum absolute atomic E-state index is 0.0395. The summed E-state index contributed by atoms with van der Waals surface area (Å²) in [4.78, 5) is 12.2. The van der Waals surface area contributed by atoms with E-state index in [2.05, 4.69) is 11.9 Å². The maximum Gasteiger partial charge on any atom is 0.262 e. The fourth-order valence-corrected chi connectivity index (χ4v) is 4.48. The Labute approximate surface area is 129 Å². The predicted molar refractivity (Wildman–Crippen MR) is 83.7 cm³/mol. The summed E-state index contributed by atoms with van der Waals surface area (Å²) < 4.78 is 26.5. The van der Waals surface area contributed by atoms with E-state index < -0.39 is 9.84 Å². The summed E-state index contributed by atoms with van der Waals surface area (Å²) in [5.41, 5.74) is 1.89. The summed E-state index contributed by atoms with van der Waals surface area (Å²) in [5, 5.41) is 2.80. The van der Waals surface area contributed by atoms with E-state index in [1.54, 1.807) is 6.20 Å². The molecule has 1 aliphatic heterocycles. The first kappa shape index (κ1) is 14.8. The van der Waals surface area contributed by atoms with Crippen molar-refractivity contribution in [2.45, 2.75) is 19.0 Å². The zero-order valence-electron chi connectivity index (χ0n) is 12.1. The van der Waals surface area contributed by atoms with E-state index in [9.17, 15) is 13.2 Å². The molecule has 3 rings (SSSR count). The number of hydrogen-bond donors (Lipinski definition) is 1. The molecule has 1 aromatic carbocycles. The minimum Gasteiger partial charge on any atom is -0.349 e. The Morgan fingerprint density at radius 3 is 2.91 bits per heavy atom. The lowest BCUT2D eigenvalue weighted by Gasteiger charge is -2.09. The molecule has 0 aliphatic carbocycles. The van der Waals surface area contributed by atoms with Gasteiger partial charge in [0, 0.05) is 6.04 Å². The smallest absolute Gasteiger partial charge is 0.262 e.